The van der Waals surface area contributed by atoms with Gasteiger partial charge in [0.15, 0.2) is 5.13 Å². The number of methoxy groups -OCH3 is 1. The van der Waals surface area contributed by atoms with Crippen LogP contribution in [-0.4, -0.2) is 33.9 Å². The molecule has 7 nitrogen and oxygen atoms in total. The molecule has 1 saturated heterocycles. The Bertz CT molecular complexity index is 1420. The molecule has 3 heterocycles. The molecule has 1 unspecified atom stereocenters. The average Bonchev–Trinajstić information content (AvgIpc) is 3.37. The Morgan fingerprint density at radius 3 is 2.64 bits per heavy atom. The molecule has 1 atom stereocenters. The van der Waals surface area contributed by atoms with Gasteiger partial charge in [0, 0.05) is 23.0 Å². The van der Waals surface area contributed by atoms with Gasteiger partial charge < -0.3 is 9.84 Å². The summed E-state index contributed by atoms with van der Waals surface area (Å²) < 4.78 is 6.08. The number of nitrogens with zero attached hydrogens (tertiary/aromatic N) is 3. The molecule has 2 aromatic carbocycles. The molecule has 1 aliphatic heterocycles. The number of thiazole rings is 1. The fourth-order valence-corrected chi connectivity index (χ4v) is 4.92. The Morgan fingerprint density at radius 1 is 1.15 bits per heavy atom. The standard InChI is InChI=1S/C24H16ClN3O4S/c1-32-16-8-9-17-18(11-16)33-24(27-17)28-20(13-4-6-15(25)7-5-13)19(22(30)23(28)31)21(29)14-3-2-10-26-12-14/h2-12,20,29H,1H3/b21-19+. The van der Waals surface area contributed by atoms with Gasteiger partial charge in [0.05, 0.1) is 28.9 Å². The van der Waals surface area contributed by atoms with Crippen LogP contribution < -0.4 is 9.64 Å². The molecule has 5 rings (SSSR count). The van der Waals surface area contributed by atoms with Gasteiger partial charge in [0.1, 0.15) is 11.5 Å². The molecule has 0 radical (unpaired) electrons. The molecule has 1 fully saturated rings. The Kier molecular flexibility index (Phi) is 5.32. The zero-order valence-corrected chi connectivity index (χ0v) is 18.8. The van der Waals surface area contributed by atoms with Gasteiger partial charge in [-0.25, -0.2) is 4.98 Å². The number of benzene rings is 2. The number of carbonyl (C=O) groups excluding carboxylic acids is 2. The van der Waals surface area contributed by atoms with Crippen LogP contribution in [0.5, 0.6) is 5.75 Å². The van der Waals surface area contributed by atoms with Gasteiger partial charge in [0.25, 0.3) is 5.78 Å². The number of pyridine rings is 1. The van der Waals surface area contributed by atoms with E-state index in [1.807, 2.05) is 6.07 Å². The summed E-state index contributed by atoms with van der Waals surface area (Å²) in [5, 5.41) is 11.9. The average molecular weight is 478 g/mol. The third-order valence-corrected chi connectivity index (χ3v) is 6.62. The number of aromatic nitrogens is 2. The minimum atomic E-state index is -0.884. The molecule has 2 aromatic heterocycles. The van der Waals surface area contributed by atoms with Crippen molar-refractivity contribution in [3.8, 4) is 5.75 Å². The fourth-order valence-electron chi connectivity index (χ4n) is 3.77. The van der Waals surface area contributed by atoms with Gasteiger partial charge >= 0.3 is 5.91 Å². The number of anilines is 1. The van der Waals surface area contributed by atoms with E-state index in [1.165, 1.54) is 22.4 Å². The Balaban J connectivity index is 1.72. The molecular weight excluding hydrogens is 462 g/mol. The smallest absolute Gasteiger partial charge is 0.301 e. The molecule has 164 valence electrons. The summed E-state index contributed by atoms with van der Waals surface area (Å²) in [6.07, 6.45) is 2.99. The van der Waals surface area contributed by atoms with E-state index in [0.717, 1.165) is 4.70 Å². The number of aliphatic hydroxyl groups excluding tert-OH is 1. The van der Waals surface area contributed by atoms with Crippen molar-refractivity contribution < 1.29 is 19.4 Å². The van der Waals surface area contributed by atoms with Crippen LogP contribution in [0.15, 0.2) is 72.6 Å². The van der Waals surface area contributed by atoms with Crippen LogP contribution in [-0.2, 0) is 9.59 Å². The summed E-state index contributed by atoms with van der Waals surface area (Å²) in [4.78, 5) is 36.3. The highest BCUT2D eigenvalue weighted by atomic mass is 35.5. The summed E-state index contributed by atoms with van der Waals surface area (Å²) in [5.74, 6) is -1.21. The van der Waals surface area contributed by atoms with Crippen LogP contribution in [0.4, 0.5) is 5.13 Å². The van der Waals surface area contributed by atoms with Gasteiger partial charge in [-0.15, -0.1) is 0 Å². The van der Waals surface area contributed by atoms with Crippen LogP contribution in [0.25, 0.3) is 16.0 Å². The Labute approximate surface area is 197 Å². The van der Waals surface area contributed by atoms with E-state index in [-0.39, 0.29) is 11.3 Å². The largest absolute Gasteiger partial charge is 0.507 e. The highest BCUT2D eigenvalue weighted by molar-refractivity contribution is 7.22. The number of amides is 1. The number of Topliss-reactive ketones (excluding diaryl/α,β-unsaturated/α-hetero) is 1. The third-order valence-electron chi connectivity index (χ3n) is 5.36. The maximum Gasteiger partial charge on any atom is 0.301 e. The predicted octanol–water partition coefficient (Wildman–Crippen LogP) is 4.98. The fraction of sp³-hybridized carbons (Fsp3) is 0.0833. The van der Waals surface area contributed by atoms with E-state index in [4.69, 9.17) is 16.3 Å². The zero-order valence-electron chi connectivity index (χ0n) is 17.2. The Hall–Kier alpha value is -3.75. The number of ketones is 1. The van der Waals surface area contributed by atoms with Crippen molar-refractivity contribution in [2.24, 2.45) is 0 Å². The summed E-state index contributed by atoms with van der Waals surface area (Å²) in [7, 11) is 1.57. The summed E-state index contributed by atoms with van der Waals surface area (Å²) in [5.41, 5.74) is 1.58. The van der Waals surface area contributed by atoms with E-state index in [0.29, 0.717) is 32.5 Å². The first kappa shape index (κ1) is 21.1. The van der Waals surface area contributed by atoms with E-state index in [9.17, 15) is 14.7 Å². The van der Waals surface area contributed by atoms with Crippen molar-refractivity contribution in [2.75, 3.05) is 12.0 Å². The first-order valence-corrected chi connectivity index (χ1v) is 11.1. The highest BCUT2D eigenvalue weighted by Crippen LogP contribution is 2.44. The quantitative estimate of drug-likeness (QED) is 0.253. The molecule has 4 aromatic rings. The lowest BCUT2D eigenvalue weighted by molar-refractivity contribution is -0.132. The summed E-state index contributed by atoms with van der Waals surface area (Å²) in [6.45, 7) is 0. The molecule has 9 heteroatoms. The molecule has 0 bridgehead atoms. The molecular formula is C24H16ClN3O4S. The van der Waals surface area contributed by atoms with Crippen LogP contribution in [0, 0.1) is 0 Å². The summed E-state index contributed by atoms with van der Waals surface area (Å²) >= 11 is 7.33. The van der Waals surface area contributed by atoms with Crippen LogP contribution in [0.2, 0.25) is 5.02 Å². The van der Waals surface area contributed by atoms with Crippen molar-refractivity contribution in [3.05, 3.63) is 88.7 Å². The molecule has 0 spiro atoms. The lowest BCUT2D eigenvalue weighted by atomic mass is 9.96. The second-order valence-electron chi connectivity index (χ2n) is 7.29. The predicted molar refractivity (Wildman–Crippen MR) is 127 cm³/mol. The molecule has 0 aliphatic carbocycles. The first-order valence-electron chi connectivity index (χ1n) is 9.89. The van der Waals surface area contributed by atoms with Crippen molar-refractivity contribution in [1.29, 1.82) is 0 Å². The van der Waals surface area contributed by atoms with Crippen LogP contribution >= 0.6 is 22.9 Å². The highest BCUT2D eigenvalue weighted by Gasteiger charge is 2.48. The number of aliphatic hydroxyl groups is 1. The lowest BCUT2D eigenvalue weighted by Crippen LogP contribution is -2.29. The monoisotopic (exact) mass is 477 g/mol. The van der Waals surface area contributed by atoms with Gasteiger partial charge in [-0.3, -0.25) is 19.5 Å². The minimum Gasteiger partial charge on any atom is -0.507 e. The topological polar surface area (TPSA) is 92.6 Å². The van der Waals surface area contributed by atoms with Gasteiger partial charge in [-0.1, -0.05) is 35.1 Å². The molecule has 1 aliphatic rings. The second kappa shape index (κ2) is 8.31. The maximum atomic E-state index is 13.2. The number of rotatable bonds is 4. The van der Waals surface area contributed by atoms with Crippen molar-refractivity contribution in [3.63, 3.8) is 0 Å². The van der Waals surface area contributed by atoms with Gasteiger partial charge in [-0.2, -0.15) is 0 Å². The van der Waals surface area contributed by atoms with E-state index < -0.39 is 17.7 Å². The maximum absolute atomic E-state index is 13.2. The Morgan fingerprint density at radius 2 is 1.94 bits per heavy atom. The third kappa shape index (κ3) is 3.63. The molecule has 33 heavy (non-hydrogen) atoms. The molecule has 0 saturated carbocycles. The van der Waals surface area contributed by atoms with Crippen molar-refractivity contribution in [1.82, 2.24) is 9.97 Å². The van der Waals surface area contributed by atoms with Gasteiger partial charge in [-0.05, 0) is 48.0 Å². The number of ether oxygens (including phenoxy) is 1. The van der Waals surface area contributed by atoms with Crippen LogP contribution in [0.3, 0.4) is 0 Å². The van der Waals surface area contributed by atoms with Crippen molar-refractivity contribution >= 4 is 55.7 Å². The number of carbonyl (C=O) groups is 2. The van der Waals surface area contributed by atoms with Gasteiger partial charge in [0.2, 0.25) is 0 Å². The van der Waals surface area contributed by atoms with E-state index in [1.54, 1.807) is 61.8 Å². The first-order chi connectivity index (χ1) is 16.0. The zero-order chi connectivity index (χ0) is 23.1. The van der Waals surface area contributed by atoms with E-state index >= 15 is 0 Å². The van der Waals surface area contributed by atoms with E-state index in [2.05, 4.69) is 9.97 Å². The molecule has 1 N–H and O–H groups in total. The van der Waals surface area contributed by atoms with Crippen LogP contribution in [0.1, 0.15) is 17.2 Å². The normalized spacial score (nSPS) is 17.6. The number of hydrogen-bond acceptors (Lipinski definition) is 7. The molecule has 1 amide bonds. The number of fused-ring (bicyclic) bond motifs is 1. The minimum absolute atomic E-state index is 0.0350. The number of hydrogen-bond donors (Lipinski definition) is 1. The number of halogens is 1. The second-order valence-corrected chi connectivity index (χ2v) is 8.74. The summed E-state index contributed by atoms with van der Waals surface area (Å²) in [6, 6.07) is 14.6. The van der Waals surface area contributed by atoms with Crippen molar-refractivity contribution in [2.45, 2.75) is 6.04 Å². The SMILES string of the molecule is COc1ccc2nc(N3C(=O)C(=O)/C(=C(/O)c4cccnc4)C3c3ccc(Cl)cc3)sc2c1. The lowest BCUT2D eigenvalue weighted by Gasteiger charge is -2.23.